The van der Waals surface area contributed by atoms with E-state index in [0.29, 0.717) is 22.3 Å². The number of alkyl halides is 2. The summed E-state index contributed by atoms with van der Waals surface area (Å²) < 4.78 is 30.1. The van der Waals surface area contributed by atoms with Crippen molar-refractivity contribution in [1.82, 2.24) is 14.8 Å². The molecule has 1 aromatic carbocycles. The molecule has 0 radical (unpaired) electrons. The van der Waals surface area contributed by atoms with Crippen LogP contribution < -0.4 is 4.74 Å². The zero-order valence-corrected chi connectivity index (χ0v) is 11.9. The summed E-state index contributed by atoms with van der Waals surface area (Å²) in [5.41, 5.74) is 1.48. The SMILES string of the molecule is Cn1ncc2c(C(=O)O)cc(-c3ccc(OC(F)F)cc3)nc21. The molecule has 8 heteroatoms. The fraction of sp³-hybridized carbons (Fsp3) is 0.133. The Morgan fingerprint density at radius 1 is 1.30 bits per heavy atom. The molecule has 3 rings (SSSR count). The molecule has 3 aromatic rings. The third-order valence-electron chi connectivity index (χ3n) is 3.31. The number of hydrogen-bond acceptors (Lipinski definition) is 4. The number of aryl methyl sites for hydroxylation is 1. The van der Waals surface area contributed by atoms with Crippen LogP contribution in [0, 0.1) is 0 Å². The van der Waals surface area contributed by atoms with Crippen LogP contribution in [0.1, 0.15) is 10.4 Å². The molecule has 0 bridgehead atoms. The second kappa shape index (κ2) is 5.64. The van der Waals surface area contributed by atoms with Crippen LogP contribution in [0.15, 0.2) is 36.5 Å². The van der Waals surface area contributed by atoms with E-state index >= 15 is 0 Å². The van der Waals surface area contributed by atoms with Gasteiger partial charge in [-0.05, 0) is 30.3 Å². The van der Waals surface area contributed by atoms with Crippen LogP contribution in [-0.2, 0) is 7.05 Å². The van der Waals surface area contributed by atoms with Crippen LogP contribution in [-0.4, -0.2) is 32.5 Å². The average Bonchev–Trinajstić information content (AvgIpc) is 2.88. The Morgan fingerprint density at radius 2 is 2.00 bits per heavy atom. The summed E-state index contributed by atoms with van der Waals surface area (Å²) in [5.74, 6) is -1.08. The maximum atomic E-state index is 12.2. The summed E-state index contributed by atoms with van der Waals surface area (Å²) in [7, 11) is 1.66. The monoisotopic (exact) mass is 319 g/mol. The van der Waals surface area contributed by atoms with Crippen LogP contribution >= 0.6 is 0 Å². The van der Waals surface area contributed by atoms with E-state index in [4.69, 9.17) is 0 Å². The van der Waals surface area contributed by atoms with Gasteiger partial charge in [0, 0.05) is 12.6 Å². The van der Waals surface area contributed by atoms with E-state index < -0.39 is 12.6 Å². The number of aromatic carboxylic acids is 1. The fourth-order valence-electron chi connectivity index (χ4n) is 2.25. The zero-order chi connectivity index (χ0) is 16.6. The van der Waals surface area contributed by atoms with Crippen molar-refractivity contribution in [3.63, 3.8) is 0 Å². The van der Waals surface area contributed by atoms with Gasteiger partial charge in [0.2, 0.25) is 0 Å². The molecule has 0 fully saturated rings. The molecule has 23 heavy (non-hydrogen) atoms. The second-order valence-corrected chi connectivity index (χ2v) is 4.77. The number of rotatable bonds is 4. The van der Waals surface area contributed by atoms with Crippen LogP contribution in [0.5, 0.6) is 5.75 Å². The average molecular weight is 319 g/mol. The van der Waals surface area contributed by atoms with Crippen molar-refractivity contribution in [3.05, 3.63) is 42.1 Å². The highest BCUT2D eigenvalue weighted by atomic mass is 19.3. The molecule has 0 spiro atoms. The van der Waals surface area contributed by atoms with E-state index in [1.807, 2.05) is 0 Å². The number of pyridine rings is 1. The molecule has 1 N–H and O–H groups in total. The van der Waals surface area contributed by atoms with Crippen molar-refractivity contribution >= 4 is 17.0 Å². The van der Waals surface area contributed by atoms with Gasteiger partial charge in [0.25, 0.3) is 0 Å². The summed E-state index contributed by atoms with van der Waals surface area (Å²) in [6.07, 6.45) is 1.44. The molecule has 0 aliphatic heterocycles. The van der Waals surface area contributed by atoms with Crippen molar-refractivity contribution < 1.29 is 23.4 Å². The Labute approximate surface area is 128 Å². The predicted octanol–water partition coefficient (Wildman–Crippen LogP) is 2.93. The summed E-state index contributed by atoms with van der Waals surface area (Å²) in [5, 5.41) is 13.8. The number of carboxylic acid groups (broad SMARTS) is 1. The minimum Gasteiger partial charge on any atom is -0.478 e. The molecule has 0 unspecified atom stereocenters. The molecule has 2 aromatic heterocycles. The van der Waals surface area contributed by atoms with E-state index in [9.17, 15) is 18.7 Å². The maximum absolute atomic E-state index is 12.2. The lowest BCUT2D eigenvalue weighted by Gasteiger charge is -2.07. The molecule has 0 atom stereocenters. The first-order chi connectivity index (χ1) is 11.0. The zero-order valence-electron chi connectivity index (χ0n) is 11.9. The van der Waals surface area contributed by atoms with Crippen molar-refractivity contribution in [2.45, 2.75) is 6.61 Å². The molecule has 0 aliphatic carbocycles. The van der Waals surface area contributed by atoms with Gasteiger partial charge >= 0.3 is 12.6 Å². The van der Waals surface area contributed by atoms with E-state index in [0.717, 1.165) is 0 Å². The number of nitrogens with zero attached hydrogens (tertiary/aromatic N) is 3. The molecule has 0 amide bonds. The highest BCUT2D eigenvalue weighted by Crippen LogP contribution is 2.26. The lowest BCUT2D eigenvalue weighted by molar-refractivity contribution is -0.0498. The number of benzene rings is 1. The van der Waals surface area contributed by atoms with Crippen molar-refractivity contribution in [1.29, 1.82) is 0 Å². The van der Waals surface area contributed by atoms with E-state index in [2.05, 4.69) is 14.8 Å². The molecule has 118 valence electrons. The third-order valence-corrected chi connectivity index (χ3v) is 3.31. The predicted molar refractivity (Wildman–Crippen MR) is 77.5 cm³/mol. The molecular weight excluding hydrogens is 308 g/mol. The highest BCUT2D eigenvalue weighted by molar-refractivity contribution is 6.02. The van der Waals surface area contributed by atoms with E-state index in [-0.39, 0.29) is 11.3 Å². The Morgan fingerprint density at radius 3 is 2.61 bits per heavy atom. The molecule has 0 saturated carbocycles. The van der Waals surface area contributed by atoms with Crippen molar-refractivity contribution in [3.8, 4) is 17.0 Å². The molecule has 6 nitrogen and oxygen atoms in total. The van der Waals surface area contributed by atoms with Crippen molar-refractivity contribution in [2.24, 2.45) is 7.05 Å². The minimum atomic E-state index is -2.90. The Kier molecular flexibility index (Phi) is 3.65. The number of hydrogen-bond donors (Lipinski definition) is 1. The van der Waals surface area contributed by atoms with Gasteiger partial charge in [0.15, 0.2) is 5.65 Å². The van der Waals surface area contributed by atoms with Gasteiger partial charge in [-0.2, -0.15) is 13.9 Å². The van der Waals surface area contributed by atoms with Gasteiger partial charge < -0.3 is 9.84 Å². The number of halogens is 2. The molecule has 0 saturated heterocycles. The number of carbonyl (C=O) groups is 1. The lowest BCUT2D eigenvalue weighted by atomic mass is 10.1. The number of fused-ring (bicyclic) bond motifs is 1. The Hall–Kier alpha value is -3.03. The number of ether oxygens (including phenoxy) is 1. The number of carboxylic acids is 1. The quantitative estimate of drug-likeness (QED) is 0.800. The minimum absolute atomic E-state index is 0.0174. The lowest BCUT2D eigenvalue weighted by Crippen LogP contribution is -2.02. The summed E-state index contributed by atoms with van der Waals surface area (Å²) in [4.78, 5) is 15.8. The number of aromatic nitrogens is 3. The smallest absolute Gasteiger partial charge is 0.387 e. The highest BCUT2D eigenvalue weighted by Gasteiger charge is 2.16. The van der Waals surface area contributed by atoms with E-state index in [1.54, 1.807) is 7.05 Å². The summed E-state index contributed by atoms with van der Waals surface area (Å²) in [6, 6.07) is 7.24. The third kappa shape index (κ3) is 2.83. The standard InChI is InChI=1S/C15H11F2N3O3/c1-20-13-11(7-18-20)10(14(21)22)6-12(19-13)8-2-4-9(5-3-8)23-15(16)17/h2-7,15H,1H3,(H,21,22). The van der Waals surface area contributed by atoms with Crippen LogP contribution in [0.4, 0.5) is 8.78 Å². The maximum Gasteiger partial charge on any atom is 0.387 e. The van der Waals surface area contributed by atoms with Crippen LogP contribution in [0.3, 0.4) is 0 Å². The molecular formula is C15H11F2N3O3. The fourth-order valence-corrected chi connectivity index (χ4v) is 2.25. The normalized spacial score (nSPS) is 11.1. The van der Waals surface area contributed by atoms with Crippen LogP contribution in [0.2, 0.25) is 0 Å². The van der Waals surface area contributed by atoms with Gasteiger partial charge in [-0.3, -0.25) is 4.68 Å². The van der Waals surface area contributed by atoms with Gasteiger partial charge in [-0.15, -0.1) is 0 Å². The summed E-state index contributed by atoms with van der Waals surface area (Å²) >= 11 is 0. The Balaban J connectivity index is 2.09. The topological polar surface area (TPSA) is 77.2 Å². The van der Waals surface area contributed by atoms with Gasteiger partial charge in [-0.1, -0.05) is 0 Å². The first-order valence-corrected chi connectivity index (χ1v) is 6.57. The first kappa shape index (κ1) is 14.9. The first-order valence-electron chi connectivity index (χ1n) is 6.57. The second-order valence-electron chi connectivity index (χ2n) is 4.77. The van der Waals surface area contributed by atoms with Crippen LogP contribution in [0.25, 0.3) is 22.3 Å². The van der Waals surface area contributed by atoms with E-state index in [1.165, 1.54) is 41.2 Å². The van der Waals surface area contributed by atoms with Crippen molar-refractivity contribution in [2.75, 3.05) is 0 Å². The molecule has 0 aliphatic rings. The molecule has 2 heterocycles. The van der Waals surface area contributed by atoms with Gasteiger partial charge in [0.1, 0.15) is 5.75 Å². The summed E-state index contributed by atoms with van der Waals surface area (Å²) in [6.45, 7) is -2.90. The Bertz CT molecular complexity index is 876. The van der Waals surface area contributed by atoms with Gasteiger partial charge in [0.05, 0.1) is 22.8 Å². The largest absolute Gasteiger partial charge is 0.478 e. The van der Waals surface area contributed by atoms with Gasteiger partial charge in [-0.25, -0.2) is 9.78 Å².